The Hall–Kier alpha value is -6.37. The minimum atomic E-state index is -2.91. The molecule has 1 unspecified atom stereocenters. The molecule has 294 valence electrons. The average molecular weight is 775 g/mol. The zero-order chi connectivity index (χ0) is 40.5. The number of aromatic amines is 1. The number of hydrogen-bond acceptors (Lipinski definition) is 6. The van der Waals surface area contributed by atoms with Crippen molar-refractivity contribution >= 4 is 31.0 Å². The first-order chi connectivity index (χ1) is 27.4. The molecule has 0 saturated heterocycles. The van der Waals surface area contributed by atoms with Gasteiger partial charge in [-0.1, -0.05) is 60.2 Å². The fourth-order valence-corrected chi connectivity index (χ4v) is 6.47. The van der Waals surface area contributed by atoms with Gasteiger partial charge in [0.1, 0.15) is 22.9 Å². The van der Waals surface area contributed by atoms with Gasteiger partial charge in [-0.15, -0.1) is 0 Å². The Morgan fingerprint density at radius 2 is 1.54 bits per heavy atom. The summed E-state index contributed by atoms with van der Waals surface area (Å²) < 4.78 is 48.1. The van der Waals surface area contributed by atoms with E-state index in [4.69, 9.17) is 24.3 Å². The number of ether oxygens (including phenoxy) is 3. The van der Waals surface area contributed by atoms with Crippen LogP contribution in [-0.2, 0) is 9.53 Å². The number of alkyl carbamates (subject to hydrolysis) is 1. The van der Waals surface area contributed by atoms with Crippen molar-refractivity contribution in [1.29, 1.82) is 0 Å². The molecule has 2 heterocycles. The molecule has 13 heteroatoms. The number of H-pyrrole nitrogens is 1. The van der Waals surface area contributed by atoms with Crippen molar-refractivity contribution in [3.05, 3.63) is 127 Å². The number of carboxylic acid groups (broad SMARTS) is 1. The predicted octanol–water partition coefficient (Wildman–Crippen LogP) is 10.1. The lowest BCUT2D eigenvalue weighted by Gasteiger charge is -2.20. The lowest BCUT2D eigenvalue weighted by atomic mass is 9.88. The van der Waals surface area contributed by atoms with Crippen molar-refractivity contribution < 1.29 is 37.5 Å². The molecule has 10 nitrogen and oxygen atoms in total. The molecule has 0 saturated carbocycles. The van der Waals surface area contributed by atoms with Crippen molar-refractivity contribution in [2.75, 3.05) is 19.8 Å². The standard InChI is InChI=1S/C44H45BF2N4O6/c1-29-12-21-38(37(26-29)41-35(22-24-48-41)31-13-17-34(18-14-31)56-28-40(52)53)50-42-36(30-10-6-5-7-11-30)27-39(51(42)45(46)47)32-15-19-33(20-16-32)55-25-9-8-23-49-43(54)57-44(2,3)4/h5-7,10-22,24,26-27,37,48H,8-9,23,25,28H2,1-4H3,(H,49,54)(H,52,53). The molecule has 1 aliphatic carbocycles. The molecule has 0 spiro atoms. The van der Waals surface area contributed by atoms with Crippen molar-refractivity contribution in [2.45, 2.75) is 52.1 Å². The molecule has 57 heavy (non-hydrogen) atoms. The number of hydrogen-bond donors (Lipinski definition) is 3. The highest BCUT2D eigenvalue weighted by Crippen LogP contribution is 2.41. The Labute approximate surface area is 331 Å². The van der Waals surface area contributed by atoms with Crippen LogP contribution in [0.4, 0.5) is 19.2 Å². The predicted molar refractivity (Wildman–Crippen MR) is 220 cm³/mol. The summed E-state index contributed by atoms with van der Waals surface area (Å²) in [5.74, 6) is -0.320. The summed E-state index contributed by atoms with van der Waals surface area (Å²) in [6, 6.07) is 27.2. The minimum absolute atomic E-state index is 0.122. The molecule has 2 aromatic heterocycles. The van der Waals surface area contributed by atoms with E-state index < -0.39 is 37.6 Å². The topological polar surface area (TPSA) is 127 Å². The lowest BCUT2D eigenvalue weighted by molar-refractivity contribution is -0.139. The van der Waals surface area contributed by atoms with E-state index in [9.17, 15) is 9.59 Å². The van der Waals surface area contributed by atoms with Gasteiger partial charge in [0.15, 0.2) is 6.61 Å². The summed E-state index contributed by atoms with van der Waals surface area (Å²) in [5.41, 5.74) is 5.73. The Morgan fingerprint density at radius 1 is 0.877 bits per heavy atom. The third kappa shape index (κ3) is 10.5. The first-order valence-electron chi connectivity index (χ1n) is 18.7. The van der Waals surface area contributed by atoms with Crippen LogP contribution in [0.3, 0.4) is 0 Å². The third-order valence-corrected chi connectivity index (χ3v) is 9.07. The molecule has 1 atom stereocenters. The maximum atomic E-state index is 15.3. The zero-order valence-corrected chi connectivity index (χ0v) is 32.3. The van der Waals surface area contributed by atoms with Gasteiger partial charge < -0.3 is 34.1 Å². The number of aromatic nitrogens is 2. The van der Waals surface area contributed by atoms with Crippen LogP contribution in [0.2, 0.25) is 0 Å². The first-order valence-corrected chi connectivity index (χ1v) is 18.7. The number of aliphatic imine (C=N–C) groups is 1. The van der Waals surface area contributed by atoms with E-state index in [0.29, 0.717) is 60.0 Å². The van der Waals surface area contributed by atoms with E-state index >= 15 is 8.63 Å². The highest BCUT2D eigenvalue weighted by atomic mass is 19.2. The molecule has 1 amide bonds. The summed E-state index contributed by atoms with van der Waals surface area (Å²) in [5, 5.41) is 11.7. The second-order valence-electron chi connectivity index (χ2n) is 14.6. The fraction of sp³-hybridized carbons (Fsp3) is 0.250. The van der Waals surface area contributed by atoms with E-state index in [1.807, 2.05) is 101 Å². The molecule has 0 bridgehead atoms. The second kappa shape index (κ2) is 18.1. The largest absolute Gasteiger partial charge is 0.679 e. The van der Waals surface area contributed by atoms with Crippen molar-refractivity contribution in [2.24, 2.45) is 4.99 Å². The number of carbonyl (C=O) groups is 2. The Bertz CT molecular complexity index is 2260. The van der Waals surface area contributed by atoms with Gasteiger partial charge in [-0.25, -0.2) is 14.6 Å². The van der Waals surface area contributed by atoms with Gasteiger partial charge >= 0.3 is 19.5 Å². The highest BCUT2D eigenvalue weighted by Gasteiger charge is 2.30. The van der Waals surface area contributed by atoms with Gasteiger partial charge in [0.2, 0.25) is 0 Å². The van der Waals surface area contributed by atoms with E-state index in [-0.39, 0.29) is 5.82 Å². The number of halogens is 2. The van der Waals surface area contributed by atoms with Gasteiger partial charge in [0.25, 0.3) is 0 Å². The molecular weight excluding hydrogens is 729 g/mol. The molecule has 5 aromatic rings. The van der Waals surface area contributed by atoms with Crippen LogP contribution in [0.1, 0.15) is 52.1 Å². The summed E-state index contributed by atoms with van der Waals surface area (Å²) in [4.78, 5) is 31.2. The van der Waals surface area contributed by atoms with Crippen molar-refractivity contribution in [3.63, 3.8) is 0 Å². The van der Waals surface area contributed by atoms with Crippen molar-refractivity contribution in [3.8, 4) is 45.0 Å². The molecule has 3 aromatic carbocycles. The normalized spacial score (nSPS) is 14.6. The molecular formula is C44H45BF2N4O6. The second-order valence-corrected chi connectivity index (χ2v) is 14.6. The quantitative estimate of drug-likeness (QED) is 0.0718. The van der Waals surface area contributed by atoms with E-state index in [0.717, 1.165) is 32.4 Å². The maximum absolute atomic E-state index is 15.3. The number of benzene rings is 3. The van der Waals surface area contributed by atoms with Crippen LogP contribution < -0.4 is 14.8 Å². The highest BCUT2D eigenvalue weighted by molar-refractivity contribution is 6.43. The summed E-state index contributed by atoms with van der Waals surface area (Å²) in [6.07, 6.45) is 8.59. The van der Waals surface area contributed by atoms with Gasteiger partial charge in [-0.05, 0) is 112 Å². The number of aliphatic carboxylic acids is 1. The number of nitrogens with zero attached hydrogens (tertiary/aromatic N) is 2. The number of allylic oxidation sites excluding steroid dienone is 4. The SMILES string of the molecule is CC1=CC(c2[nH]ccc2-c2ccc(OCC(=O)O)cc2)C(=Nc2c(-c3ccccc3)cc(-c3ccc(OCCCCNC(=O)OC(C)(C)C)cc3)n2B(F)F)C=C1. The number of unbranched alkanes of at least 4 members (excludes halogenated alkanes) is 1. The molecule has 0 fully saturated rings. The number of carboxylic acids is 1. The number of amides is 1. The molecule has 0 radical (unpaired) electrons. The smallest absolute Gasteiger partial charge is 0.494 e. The van der Waals surface area contributed by atoms with Gasteiger partial charge in [0.05, 0.1) is 18.2 Å². The van der Waals surface area contributed by atoms with Crippen LogP contribution >= 0.6 is 0 Å². The monoisotopic (exact) mass is 774 g/mol. The fourth-order valence-electron chi connectivity index (χ4n) is 6.47. The summed E-state index contributed by atoms with van der Waals surface area (Å²) in [7, 11) is -2.91. The Kier molecular flexibility index (Phi) is 12.8. The first kappa shape index (κ1) is 40.3. The van der Waals surface area contributed by atoms with Gasteiger partial charge in [0, 0.05) is 35.3 Å². The molecule has 0 aliphatic heterocycles. The summed E-state index contributed by atoms with van der Waals surface area (Å²) >= 11 is 0. The van der Waals surface area contributed by atoms with Gasteiger partial charge in [-0.3, -0.25) is 8.63 Å². The molecule has 3 N–H and O–H groups in total. The lowest BCUT2D eigenvalue weighted by Crippen LogP contribution is -2.33. The Balaban J connectivity index is 1.28. The zero-order valence-electron chi connectivity index (χ0n) is 32.3. The number of carbonyl (C=O) groups excluding carboxylic acids is 1. The van der Waals surface area contributed by atoms with Crippen LogP contribution in [-0.4, -0.2) is 65.1 Å². The number of rotatable bonds is 15. The molecule has 1 aliphatic rings. The molecule has 6 rings (SSSR count). The van der Waals surface area contributed by atoms with E-state index in [1.54, 1.807) is 42.5 Å². The number of nitrogens with one attached hydrogen (secondary N) is 2. The van der Waals surface area contributed by atoms with Gasteiger partial charge in [-0.2, -0.15) is 0 Å². The van der Waals surface area contributed by atoms with E-state index in [1.165, 1.54) is 0 Å². The maximum Gasteiger partial charge on any atom is 0.679 e. The van der Waals surface area contributed by atoms with Crippen molar-refractivity contribution in [1.82, 2.24) is 14.8 Å². The minimum Gasteiger partial charge on any atom is -0.494 e. The van der Waals surface area contributed by atoms with Crippen LogP contribution in [0.25, 0.3) is 33.5 Å². The Morgan fingerprint density at radius 3 is 2.21 bits per heavy atom. The van der Waals surface area contributed by atoms with E-state index in [2.05, 4.69) is 10.3 Å². The average Bonchev–Trinajstić information content (AvgIpc) is 3.82. The van der Waals surface area contributed by atoms with Crippen LogP contribution in [0.5, 0.6) is 11.5 Å². The summed E-state index contributed by atoms with van der Waals surface area (Å²) in [6.45, 7) is 7.83. The van der Waals surface area contributed by atoms with Crippen LogP contribution in [0, 0.1) is 0 Å². The van der Waals surface area contributed by atoms with Crippen LogP contribution in [0.15, 0.2) is 126 Å². The third-order valence-electron chi connectivity index (χ3n) is 9.07.